The lowest BCUT2D eigenvalue weighted by Crippen LogP contribution is -1.90. The highest BCUT2D eigenvalue weighted by atomic mass is 79.9. The Morgan fingerprint density at radius 3 is 2.76 bits per heavy atom. The summed E-state index contributed by atoms with van der Waals surface area (Å²) in [7, 11) is 0. The average molecular weight is 368 g/mol. The van der Waals surface area contributed by atoms with E-state index in [0.717, 1.165) is 6.07 Å². The van der Waals surface area contributed by atoms with E-state index in [-0.39, 0.29) is 21.8 Å². The standard InChI is InChI=1S/C13H4BrF2N3OS/c14-10-7(2-3-8(15)11(10)16)12-18-13(20-19-12)9-4-1-6(5-17)21-9/h1-4H. The minimum atomic E-state index is -1.01. The first-order chi connectivity index (χ1) is 10.1. The maximum absolute atomic E-state index is 13.5. The number of hydrogen-bond acceptors (Lipinski definition) is 5. The lowest BCUT2D eigenvalue weighted by molar-refractivity contribution is 0.433. The van der Waals surface area contributed by atoms with Gasteiger partial charge < -0.3 is 4.52 Å². The molecule has 4 nitrogen and oxygen atoms in total. The first kappa shape index (κ1) is 13.9. The molecule has 0 N–H and O–H groups in total. The molecular weight excluding hydrogens is 364 g/mol. The molecule has 3 aromatic rings. The van der Waals surface area contributed by atoms with Gasteiger partial charge in [0.15, 0.2) is 11.6 Å². The number of nitrogens with zero attached hydrogens (tertiary/aromatic N) is 3. The van der Waals surface area contributed by atoms with E-state index in [1.54, 1.807) is 12.1 Å². The number of rotatable bonds is 2. The molecule has 0 aliphatic carbocycles. The average Bonchev–Trinajstić information content (AvgIpc) is 3.13. The van der Waals surface area contributed by atoms with E-state index in [2.05, 4.69) is 26.1 Å². The number of benzene rings is 1. The van der Waals surface area contributed by atoms with Crippen molar-refractivity contribution in [2.45, 2.75) is 0 Å². The Morgan fingerprint density at radius 2 is 2.05 bits per heavy atom. The van der Waals surface area contributed by atoms with Gasteiger partial charge in [-0.05, 0) is 40.2 Å². The van der Waals surface area contributed by atoms with Crippen LogP contribution in [0.1, 0.15) is 4.88 Å². The summed E-state index contributed by atoms with van der Waals surface area (Å²) in [4.78, 5) is 5.28. The monoisotopic (exact) mass is 367 g/mol. The van der Waals surface area contributed by atoms with Gasteiger partial charge >= 0.3 is 0 Å². The van der Waals surface area contributed by atoms with Gasteiger partial charge in [0.1, 0.15) is 10.9 Å². The number of halogens is 3. The fraction of sp³-hybridized carbons (Fsp3) is 0. The van der Waals surface area contributed by atoms with Crippen molar-refractivity contribution in [1.29, 1.82) is 5.26 Å². The van der Waals surface area contributed by atoms with Crippen molar-refractivity contribution in [3.63, 3.8) is 0 Å². The third-order valence-electron chi connectivity index (χ3n) is 2.63. The SMILES string of the molecule is N#Cc1ccc(-c2nc(-c3ccc(F)c(F)c3Br)no2)s1. The summed E-state index contributed by atoms with van der Waals surface area (Å²) in [6.45, 7) is 0. The van der Waals surface area contributed by atoms with Crippen LogP contribution in [-0.4, -0.2) is 10.1 Å². The molecule has 0 radical (unpaired) electrons. The Morgan fingerprint density at radius 1 is 1.24 bits per heavy atom. The third kappa shape index (κ3) is 2.46. The molecule has 0 saturated heterocycles. The molecular formula is C13H4BrF2N3OS. The van der Waals surface area contributed by atoms with E-state index >= 15 is 0 Å². The van der Waals surface area contributed by atoms with Crippen LogP contribution in [0.3, 0.4) is 0 Å². The molecule has 3 rings (SSSR count). The van der Waals surface area contributed by atoms with Gasteiger partial charge in [-0.2, -0.15) is 10.2 Å². The quantitative estimate of drug-likeness (QED) is 0.630. The molecule has 21 heavy (non-hydrogen) atoms. The van der Waals surface area contributed by atoms with Crippen molar-refractivity contribution < 1.29 is 13.3 Å². The molecule has 8 heteroatoms. The van der Waals surface area contributed by atoms with Crippen LogP contribution >= 0.6 is 27.3 Å². The lowest BCUT2D eigenvalue weighted by Gasteiger charge is -2.00. The Balaban J connectivity index is 2.03. The van der Waals surface area contributed by atoms with Gasteiger partial charge in [0, 0.05) is 5.56 Å². The van der Waals surface area contributed by atoms with Crippen LogP contribution in [0.25, 0.3) is 22.2 Å². The van der Waals surface area contributed by atoms with E-state index < -0.39 is 11.6 Å². The predicted octanol–water partition coefficient (Wildman–Crippen LogP) is 4.38. The lowest BCUT2D eigenvalue weighted by atomic mass is 10.2. The Labute approximate surface area is 129 Å². The molecule has 104 valence electrons. The van der Waals surface area contributed by atoms with Crippen LogP contribution in [0.2, 0.25) is 0 Å². The van der Waals surface area contributed by atoms with Crippen molar-refractivity contribution in [1.82, 2.24) is 10.1 Å². The fourth-order valence-corrected chi connectivity index (χ4v) is 2.87. The zero-order valence-corrected chi connectivity index (χ0v) is 12.5. The zero-order valence-electron chi connectivity index (χ0n) is 10.1. The molecule has 2 heterocycles. The molecule has 0 atom stereocenters. The zero-order chi connectivity index (χ0) is 15.0. The minimum absolute atomic E-state index is 0.0706. The minimum Gasteiger partial charge on any atom is -0.333 e. The molecule has 0 saturated carbocycles. The number of thiophene rings is 1. The summed E-state index contributed by atoms with van der Waals surface area (Å²) in [6.07, 6.45) is 0. The highest BCUT2D eigenvalue weighted by Gasteiger charge is 2.18. The van der Waals surface area contributed by atoms with Gasteiger partial charge in [-0.1, -0.05) is 5.16 Å². The largest absolute Gasteiger partial charge is 0.333 e. The first-order valence-corrected chi connectivity index (χ1v) is 7.19. The van der Waals surface area contributed by atoms with Gasteiger partial charge in [0.2, 0.25) is 5.82 Å². The Bertz CT molecular complexity index is 869. The molecule has 0 spiro atoms. The van der Waals surface area contributed by atoms with Crippen LogP contribution in [0.4, 0.5) is 8.78 Å². The first-order valence-electron chi connectivity index (χ1n) is 5.58. The predicted molar refractivity (Wildman–Crippen MR) is 75.4 cm³/mol. The van der Waals surface area contributed by atoms with Gasteiger partial charge in [-0.25, -0.2) is 8.78 Å². The van der Waals surface area contributed by atoms with Crippen LogP contribution in [0.15, 0.2) is 33.3 Å². The van der Waals surface area contributed by atoms with Crippen molar-refractivity contribution in [2.24, 2.45) is 0 Å². The summed E-state index contributed by atoms with van der Waals surface area (Å²) < 4.78 is 31.6. The topological polar surface area (TPSA) is 62.7 Å². The van der Waals surface area contributed by atoms with E-state index in [1.165, 1.54) is 17.4 Å². The Hall–Kier alpha value is -2.11. The van der Waals surface area contributed by atoms with Gasteiger partial charge in [-0.3, -0.25) is 0 Å². The van der Waals surface area contributed by atoms with Gasteiger partial charge in [-0.15, -0.1) is 11.3 Å². The summed E-state index contributed by atoms with van der Waals surface area (Å²) in [6, 6.07) is 7.67. The maximum atomic E-state index is 13.5. The van der Waals surface area contributed by atoms with E-state index in [0.29, 0.717) is 9.75 Å². The highest BCUT2D eigenvalue weighted by Crippen LogP contribution is 2.32. The summed E-state index contributed by atoms with van der Waals surface area (Å²) in [5, 5.41) is 12.5. The molecule has 0 fully saturated rings. The molecule has 1 aromatic carbocycles. The second kappa shape index (κ2) is 5.35. The summed E-state index contributed by atoms with van der Waals surface area (Å²) >= 11 is 4.17. The van der Waals surface area contributed by atoms with Crippen LogP contribution in [0, 0.1) is 23.0 Å². The molecule has 0 unspecified atom stereocenters. The van der Waals surface area contributed by atoms with Crippen molar-refractivity contribution in [2.75, 3.05) is 0 Å². The molecule has 2 aromatic heterocycles. The highest BCUT2D eigenvalue weighted by molar-refractivity contribution is 9.10. The smallest absolute Gasteiger partial charge is 0.268 e. The van der Waals surface area contributed by atoms with Crippen molar-refractivity contribution in [3.05, 3.63) is 45.2 Å². The van der Waals surface area contributed by atoms with E-state index in [4.69, 9.17) is 9.78 Å². The van der Waals surface area contributed by atoms with E-state index in [9.17, 15) is 8.78 Å². The van der Waals surface area contributed by atoms with Crippen LogP contribution < -0.4 is 0 Å². The normalized spacial score (nSPS) is 10.6. The summed E-state index contributed by atoms with van der Waals surface area (Å²) in [5.41, 5.74) is 0.279. The van der Waals surface area contributed by atoms with Crippen LogP contribution in [0.5, 0.6) is 0 Å². The maximum Gasteiger partial charge on any atom is 0.268 e. The number of aromatic nitrogens is 2. The summed E-state index contributed by atoms with van der Waals surface area (Å²) in [5.74, 6) is -1.64. The van der Waals surface area contributed by atoms with Crippen LogP contribution in [-0.2, 0) is 0 Å². The Kier molecular flexibility index (Phi) is 3.53. The number of nitriles is 1. The van der Waals surface area contributed by atoms with E-state index in [1.807, 2.05) is 6.07 Å². The molecule has 0 aliphatic heterocycles. The molecule has 0 aliphatic rings. The third-order valence-corrected chi connectivity index (χ3v) is 4.38. The fourth-order valence-electron chi connectivity index (χ4n) is 1.64. The molecule has 0 bridgehead atoms. The van der Waals surface area contributed by atoms with Gasteiger partial charge in [0.05, 0.1) is 9.35 Å². The second-order valence-corrected chi connectivity index (χ2v) is 5.80. The number of hydrogen-bond donors (Lipinski definition) is 0. The molecule has 0 amide bonds. The second-order valence-electron chi connectivity index (χ2n) is 3.92. The van der Waals surface area contributed by atoms with Crippen molar-refractivity contribution >= 4 is 27.3 Å². The van der Waals surface area contributed by atoms with Crippen molar-refractivity contribution in [3.8, 4) is 28.2 Å². The van der Waals surface area contributed by atoms with Gasteiger partial charge in [0.25, 0.3) is 5.89 Å².